The van der Waals surface area contributed by atoms with Crippen LogP contribution in [0, 0.1) is 13.8 Å². The standard InChI is InChI=1S/C28H28N2O4/c1-5-33-22-13-11-20(12-14-22)29-26-25(24-15-10-18(3)16-19(24)4)27(31)30(28(26)32)21-8-7-9-23(17-21)34-6-2/h7-17,29H,5-6H2,1-4H3. The zero-order valence-corrected chi connectivity index (χ0v) is 19.8. The molecule has 0 radical (unpaired) electrons. The second-order valence-corrected chi connectivity index (χ2v) is 8.03. The Morgan fingerprint density at radius 3 is 2.18 bits per heavy atom. The van der Waals surface area contributed by atoms with E-state index in [0.717, 1.165) is 22.4 Å². The van der Waals surface area contributed by atoms with Crippen LogP contribution in [0.1, 0.15) is 30.5 Å². The van der Waals surface area contributed by atoms with Gasteiger partial charge in [0, 0.05) is 11.8 Å². The van der Waals surface area contributed by atoms with Crippen LogP contribution in [0.25, 0.3) is 5.57 Å². The van der Waals surface area contributed by atoms with Crippen molar-refractivity contribution in [1.82, 2.24) is 0 Å². The predicted octanol–water partition coefficient (Wildman–Crippen LogP) is 5.50. The number of amides is 2. The summed E-state index contributed by atoms with van der Waals surface area (Å²) in [6.45, 7) is 8.81. The highest BCUT2D eigenvalue weighted by Crippen LogP contribution is 2.36. The molecule has 1 aliphatic rings. The summed E-state index contributed by atoms with van der Waals surface area (Å²) in [5.41, 5.74) is 4.47. The molecule has 3 aromatic rings. The number of aryl methyl sites for hydroxylation is 2. The average Bonchev–Trinajstić information content (AvgIpc) is 3.05. The van der Waals surface area contributed by atoms with Gasteiger partial charge in [-0.15, -0.1) is 0 Å². The minimum absolute atomic E-state index is 0.239. The molecule has 0 aliphatic carbocycles. The first-order valence-corrected chi connectivity index (χ1v) is 11.4. The third-order valence-electron chi connectivity index (χ3n) is 5.56. The van der Waals surface area contributed by atoms with E-state index in [9.17, 15) is 9.59 Å². The second-order valence-electron chi connectivity index (χ2n) is 8.03. The molecule has 1 aliphatic heterocycles. The number of rotatable bonds is 8. The Hall–Kier alpha value is -4.06. The molecule has 34 heavy (non-hydrogen) atoms. The summed E-state index contributed by atoms with van der Waals surface area (Å²) < 4.78 is 11.1. The average molecular weight is 457 g/mol. The third-order valence-corrected chi connectivity index (χ3v) is 5.56. The largest absolute Gasteiger partial charge is 0.494 e. The van der Waals surface area contributed by atoms with E-state index in [0.29, 0.717) is 35.9 Å². The maximum Gasteiger partial charge on any atom is 0.282 e. The first-order chi connectivity index (χ1) is 16.4. The van der Waals surface area contributed by atoms with Crippen LogP contribution in [0.4, 0.5) is 11.4 Å². The molecule has 2 amide bonds. The zero-order chi connectivity index (χ0) is 24.2. The van der Waals surface area contributed by atoms with Crippen LogP contribution in [0.5, 0.6) is 11.5 Å². The molecular formula is C28H28N2O4. The number of anilines is 2. The summed E-state index contributed by atoms with van der Waals surface area (Å²) in [5, 5.41) is 3.20. The zero-order valence-electron chi connectivity index (χ0n) is 19.8. The topological polar surface area (TPSA) is 67.9 Å². The van der Waals surface area contributed by atoms with E-state index in [-0.39, 0.29) is 11.6 Å². The normalized spacial score (nSPS) is 13.5. The highest BCUT2D eigenvalue weighted by Gasteiger charge is 2.40. The molecule has 0 saturated carbocycles. The van der Waals surface area contributed by atoms with Gasteiger partial charge in [-0.1, -0.05) is 29.8 Å². The summed E-state index contributed by atoms with van der Waals surface area (Å²) in [6.07, 6.45) is 0. The fourth-order valence-electron chi connectivity index (χ4n) is 4.05. The Morgan fingerprint density at radius 1 is 0.794 bits per heavy atom. The van der Waals surface area contributed by atoms with E-state index in [1.54, 1.807) is 24.3 Å². The van der Waals surface area contributed by atoms with Crippen LogP contribution < -0.4 is 19.7 Å². The van der Waals surface area contributed by atoms with Gasteiger partial charge in [0.1, 0.15) is 17.2 Å². The van der Waals surface area contributed by atoms with Crippen molar-refractivity contribution in [2.45, 2.75) is 27.7 Å². The van der Waals surface area contributed by atoms with E-state index in [2.05, 4.69) is 5.32 Å². The summed E-state index contributed by atoms with van der Waals surface area (Å²) in [7, 11) is 0. The van der Waals surface area contributed by atoms with Gasteiger partial charge in [0.05, 0.1) is 24.5 Å². The number of nitrogens with one attached hydrogen (secondary N) is 1. The molecule has 1 N–H and O–H groups in total. The molecule has 0 atom stereocenters. The maximum absolute atomic E-state index is 13.7. The van der Waals surface area contributed by atoms with Gasteiger partial charge in [-0.2, -0.15) is 0 Å². The van der Waals surface area contributed by atoms with Crippen LogP contribution in [0.3, 0.4) is 0 Å². The smallest absolute Gasteiger partial charge is 0.282 e. The highest BCUT2D eigenvalue weighted by molar-refractivity contribution is 6.46. The summed E-state index contributed by atoms with van der Waals surface area (Å²) in [5.74, 6) is 0.544. The number of nitrogens with zero attached hydrogens (tertiary/aromatic N) is 1. The minimum atomic E-state index is -0.414. The Bertz CT molecular complexity index is 1260. The van der Waals surface area contributed by atoms with Gasteiger partial charge < -0.3 is 14.8 Å². The number of carbonyl (C=O) groups is 2. The van der Waals surface area contributed by atoms with Gasteiger partial charge in [-0.3, -0.25) is 9.59 Å². The lowest BCUT2D eigenvalue weighted by Crippen LogP contribution is -2.32. The molecule has 3 aromatic carbocycles. The first-order valence-electron chi connectivity index (χ1n) is 11.4. The van der Waals surface area contributed by atoms with Crippen LogP contribution in [-0.4, -0.2) is 25.0 Å². The molecule has 6 heteroatoms. The number of imide groups is 1. The van der Waals surface area contributed by atoms with Crippen LogP contribution in [0.15, 0.2) is 72.4 Å². The lowest BCUT2D eigenvalue weighted by molar-refractivity contribution is -0.120. The van der Waals surface area contributed by atoms with Crippen molar-refractivity contribution >= 4 is 28.8 Å². The summed E-state index contributed by atoms with van der Waals surface area (Å²) in [4.78, 5) is 28.6. The van der Waals surface area contributed by atoms with Crippen molar-refractivity contribution in [2.24, 2.45) is 0 Å². The SMILES string of the molecule is CCOc1ccc(NC2=C(c3ccc(C)cc3C)C(=O)N(c3cccc(OCC)c3)C2=O)cc1. The molecule has 4 rings (SSSR count). The van der Waals surface area contributed by atoms with Crippen LogP contribution in [0.2, 0.25) is 0 Å². The fourth-order valence-corrected chi connectivity index (χ4v) is 4.05. The molecule has 0 fully saturated rings. The van der Waals surface area contributed by atoms with Gasteiger partial charge in [-0.05, 0) is 75.2 Å². The van der Waals surface area contributed by atoms with Gasteiger partial charge in [0.25, 0.3) is 11.8 Å². The lowest BCUT2D eigenvalue weighted by atomic mass is 9.97. The van der Waals surface area contributed by atoms with Gasteiger partial charge in [0.2, 0.25) is 0 Å². The van der Waals surface area contributed by atoms with Crippen molar-refractivity contribution in [3.8, 4) is 11.5 Å². The van der Waals surface area contributed by atoms with Crippen molar-refractivity contribution < 1.29 is 19.1 Å². The number of ether oxygens (including phenoxy) is 2. The Balaban J connectivity index is 1.78. The van der Waals surface area contributed by atoms with E-state index >= 15 is 0 Å². The Kier molecular flexibility index (Phi) is 6.68. The molecular weight excluding hydrogens is 428 g/mol. The van der Waals surface area contributed by atoms with Crippen molar-refractivity contribution in [3.05, 3.63) is 89.1 Å². The Morgan fingerprint density at radius 2 is 1.50 bits per heavy atom. The monoisotopic (exact) mass is 456 g/mol. The molecule has 0 bridgehead atoms. The number of hydrogen-bond donors (Lipinski definition) is 1. The number of hydrogen-bond acceptors (Lipinski definition) is 5. The fraction of sp³-hybridized carbons (Fsp3) is 0.214. The van der Waals surface area contributed by atoms with E-state index < -0.39 is 5.91 Å². The van der Waals surface area contributed by atoms with E-state index in [4.69, 9.17) is 9.47 Å². The van der Waals surface area contributed by atoms with E-state index in [1.165, 1.54) is 4.90 Å². The van der Waals surface area contributed by atoms with Crippen LogP contribution >= 0.6 is 0 Å². The molecule has 0 unspecified atom stereocenters. The molecule has 0 aromatic heterocycles. The summed E-state index contributed by atoms with van der Waals surface area (Å²) in [6, 6.07) is 20.2. The number of benzene rings is 3. The maximum atomic E-state index is 13.7. The van der Waals surface area contributed by atoms with E-state index in [1.807, 2.05) is 70.2 Å². The Labute approximate surface area is 199 Å². The van der Waals surface area contributed by atoms with Crippen molar-refractivity contribution in [2.75, 3.05) is 23.4 Å². The highest BCUT2D eigenvalue weighted by atomic mass is 16.5. The van der Waals surface area contributed by atoms with Gasteiger partial charge in [0.15, 0.2) is 0 Å². The quantitative estimate of drug-likeness (QED) is 0.454. The van der Waals surface area contributed by atoms with Gasteiger partial charge >= 0.3 is 0 Å². The molecule has 0 spiro atoms. The summed E-state index contributed by atoms with van der Waals surface area (Å²) >= 11 is 0. The van der Waals surface area contributed by atoms with Crippen LogP contribution in [-0.2, 0) is 9.59 Å². The lowest BCUT2D eigenvalue weighted by Gasteiger charge is -2.16. The third kappa shape index (κ3) is 4.53. The van der Waals surface area contributed by atoms with Gasteiger partial charge in [-0.25, -0.2) is 4.90 Å². The molecule has 0 saturated heterocycles. The molecule has 1 heterocycles. The minimum Gasteiger partial charge on any atom is -0.494 e. The second kappa shape index (κ2) is 9.83. The molecule has 174 valence electrons. The molecule has 6 nitrogen and oxygen atoms in total. The van der Waals surface area contributed by atoms with Crippen molar-refractivity contribution in [3.63, 3.8) is 0 Å². The van der Waals surface area contributed by atoms with Crippen molar-refractivity contribution in [1.29, 1.82) is 0 Å². The first kappa shape index (κ1) is 23.1. The number of carbonyl (C=O) groups excluding carboxylic acids is 2. The predicted molar refractivity (Wildman–Crippen MR) is 134 cm³/mol.